The largest absolute Gasteiger partial charge is 0.371 e. The average molecular weight is 356 g/mol. The van der Waals surface area contributed by atoms with Gasteiger partial charge in [0.25, 0.3) is 0 Å². The van der Waals surface area contributed by atoms with E-state index >= 15 is 0 Å². The second-order valence-electron chi connectivity index (χ2n) is 6.99. The number of benzene rings is 1. The lowest BCUT2D eigenvalue weighted by molar-refractivity contribution is 0.659. The zero-order valence-electron chi connectivity index (χ0n) is 15.0. The summed E-state index contributed by atoms with van der Waals surface area (Å²) in [5.74, 6) is 1.11. The van der Waals surface area contributed by atoms with E-state index in [2.05, 4.69) is 31.4 Å². The number of nitriles is 1. The highest BCUT2D eigenvalue weighted by atomic mass is 15.1. The Balaban J connectivity index is 1.58. The number of aryl methyl sites for hydroxylation is 1. The van der Waals surface area contributed by atoms with Gasteiger partial charge in [0.05, 0.1) is 22.9 Å². The van der Waals surface area contributed by atoms with Crippen LogP contribution < -0.4 is 5.32 Å². The predicted octanol–water partition coefficient (Wildman–Crippen LogP) is 3.55. The molecule has 1 aliphatic rings. The second-order valence-corrected chi connectivity index (χ2v) is 6.99. The first-order valence-electron chi connectivity index (χ1n) is 9.41. The molecule has 134 valence electrons. The van der Waals surface area contributed by atoms with Gasteiger partial charge in [-0.05, 0) is 48.9 Å². The van der Waals surface area contributed by atoms with Crippen molar-refractivity contribution in [1.29, 1.82) is 5.26 Å². The van der Waals surface area contributed by atoms with Crippen molar-refractivity contribution in [3.63, 3.8) is 0 Å². The van der Waals surface area contributed by atoms with Crippen molar-refractivity contribution < 1.29 is 0 Å². The van der Waals surface area contributed by atoms with Crippen LogP contribution in [0.5, 0.6) is 0 Å². The van der Waals surface area contributed by atoms with Crippen LogP contribution in [-0.4, -0.2) is 25.5 Å². The van der Waals surface area contributed by atoms with Crippen LogP contribution in [0.4, 0.5) is 5.82 Å². The normalized spacial score (nSPS) is 13.1. The van der Waals surface area contributed by atoms with E-state index in [4.69, 9.17) is 4.98 Å². The fourth-order valence-corrected chi connectivity index (χ4v) is 4.16. The maximum atomic E-state index is 9.80. The lowest BCUT2D eigenvalue weighted by Crippen LogP contribution is -2.12. The Hall–Kier alpha value is -3.33. The molecule has 0 fully saturated rings. The van der Waals surface area contributed by atoms with E-state index in [9.17, 15) is 5.26 Å². The van der Waals surface area contributed by atoms with Gasteiger partial charge in [0.2, 0.25) is 0 Å². The molecule has 1 N–H and O–H groups in total. The summed E-state index contributed by atoms with van der Waals surface area (Å²) >= 11 is 0. The van der Waals surface area contributed by atoms with Crippen LogP contribution in [0.1, 0.15) is 29.5 Å². The Bertz CT molecular complexity index is 1160. The number of fused-ring (bicyclic) bond motifs is 4. The number of imidazole rings is 2. The molecular formula is C21H20N6. The van der Waals surface area contributed by atoms with Gasteiger partial charge in [0.15, 0.2) is 5.65 Å². The molecule has 6 nitrogen and oxygen atoms in total. The maximum Gasteiger partial charge on any atom is 0.157 e. The number of hydrogen-bond donors (Lipinski definition) is 1. The lowest BCUT2D eigenvalue weighted by Gasteiger charge is -2.16. The molecular weight excluding hydrogens is 336 g/mol. The molecule has 1 aromatic carbocycles. The third-order valence-electron chi connectivity index (χ3n) is 5.37. The number of aromatic nitrogens is 4. The quantitative estimate of drug-likeness (QED) is 0.555. The molecule has 0 saturated heterocycles. The lowest BCUT2D eigenvalue weighted by atomic mass is 10.1. The minimum atomic E-state index is 0.739. The number of para-hydroxylation sites is 2. The second kappa shape index (κ2) is 6.44. The Morgan fingerprint density at radius 3 is 2.93 bits per heavy atom. The fraction of sp³-hybridized carbons (Fsp3) is 0.286. The predicted molar refractivity (Wildman–Crippen MR) is 105 cm³/mol. The Labute approximate surface area is 157 Å². The summed E-state index contributed by atoms with van der Waals surface area (Å²) in [5.41, 5.74) is 5.95. The summed E-state index contributed by atoms with van der Waals surface area (Å²) in [5, 5.41) is 13.5. The molecule has 27 heavy (non-hydrogen) atoms. The Kier molecular flexibility index (Phi) is 3.79. The summed E-state index contributed by atoms with van der Waals surface area (Å²) in [7, 11) is 0. The summed E-state index contributed by atoms with van der Waals surface area (Å²) < 4.78 is 4.24. The van der Waals surface area contributed by atoms with Crippen LogP contribution in [0.2, 0.25) is 0 Å². The van der Waals surface area contributed by atoms with Gasteiger partial charge in [-0.25, -0.2) is 9.97 Å². The number of anilines is 1. The molecule has 0 bridgehead atoms. The number of nitrogens with one attached hydrogen (secondary N) is 1. The third kappa shape index (κ3) is 2.55. The molecule has 0 spiro atoms. The molecule has 3 aromatic heterocycles. The van der Waals surface area contributed by atoms with E-state index in [-0.39, 0.29) is 0 Å². The minimum absolute atomic E-state index is 0.739. The van der Waals surface area contributed by atoms with Gasteiger partial charge in [0, 0.05) is 25.5 Å². The fourth-order valence-electron chi connectivity index (χ4n) is 4.16. The van der Waals surface area contributed by atoms with Crippen molar-refractivity contribution in [2.45, 2.75) is 32.2 Å². The van der Waals surface area contributed by atoms with Gasteiger partial charge in [-0.1, -0.05) is 12.1 Å². The number of hydrogen-bond acceptors (Lipinski definition) is 4. The molecule has 0 saturated carbocycles. The van der Waals surface area contributed by atoms with E-state index in [0.717, 1.165) is 66.8 Å². The SMILES string of the molecule is N#Cc1c2c(c(NCCCn3ccnc3)n3c1nc1ccccc13)CCC2. The van der Waals surface area contributed by atoms with Gasteiger partial charge in [-0.3, -0.25) is 4.40 Å². The van der Waals surface area contributed by atoms with Crippen LogP contribution in [0, 0.1) is 11.3 Å². The van der Waals surface area contributed by atoms with Crippen molar-refractivity contribution in [1.82, 2.24) is 18.9 Å². The van der Waals surface area contributed by atoms with E-state index in [1.165, 1.54) is 11.1 Å². The molecule has 0 unspecified atom stereocenters. The first-order valence-corrected chi connectivity index (χ1v) is 9.41. The summed E-state index contributed by atoms with van der Waals surface area (Å²) in [6.45, 7) is 1.79. The monoisotopic (exact) mass is 356 g/mol. The molecule has 4 aromatic rings. The van der Waals surface area contributed by atoms with Crippen LogP contribution >= 0.6 is 0 Å². The molecule has 5 rings (SSSR count). The van der Waals surface area contributed by atoms with Crippen LogP contribution in [0.25, 0.3) is 16.7 Å². The highest BCUT2D eigenvalue weighted by molar-refractivity contribution is 5.86. The first-order chi connectivity index (χ1) is 13.4. The van der Waals surface area contributed by atoms with Crippen molar-refractivity contribution in [3.8, 4) is 6.07 Å². The smallest absolute Gasteiger partial charge is 0.157 e. The molecule has 3 heterocycles. The molecule has 0 aliphatic heterocycles. The van der Waals surface area contributed by atoms with E-state index < -0.39 is 0 Å². The average Bonchev–Trinajstić information content (AvgIpc) is 3.43. The molecule has 6 heteroatoms. The highest BCUT2D eigenvalue weighted by Gasteiger charge is 2.25. The Morgan fingerprint density at radius 2 is 2.07 bits per heavy atom. The number of rotatable bonds is 5. The highest BCUT2D eigenvalue weighted by Crippen LogP contribution is 2.36. The van der Waals surface area contributed by atoms with E-state index in [0.29, 0.717) is 0 Å². The standard InChI is InChI=1S/C21H20N6/c22-13-17-15-5-3-6-16(15)20(24-9-4-11-26-12-10-23-14-26)27-19-8-2-1-7-18(19)25-21(17)27/h1-2,7-8,10,12,14,24H,3-6,9,11H2. The van der Waals surface area contributed by atoms with Crippen molar-refractivity contribution in [3.05, 3.63) is 59.7 Å². The van der Waals surface area contributed by atoms with E-state index in [1.807, 2.05) is 36.9 Å². The van der Waals surface area contributed by atoms with Gasteiger partial charge in [-0.15, -0.1) is 0 Å². The maximum absolute atomic E-state index is 9.80. The van der Waals surface area contributed by atoms with Crippen LogP contribution in [0.3, 0.4) is 0 Å². The first kappa shape index (κ1) is 15.9. The molecule has 0 amide bonds. The van der Waals surface area contributed by atoms with Gasteiger partial charge >= 0.3 is 0 Å². The zero-order valence-corrected chi connectivity index (χ0v) is 15.0. The van der Waals surface area contributed by atoms with Gasteiger partial charge < -0.3 is 9.88 Å². The van der Waals surface area contributed by atoms with Crippen molar-refractivity contribution in [2.24, 2.45) is 0 Å². The Morgan fingerprint density at radius 1 is 1.19 bits per heavy atom. The number of nitrogens with zero attached hydrogens (tertiary/aromatic N) is 5. The summed E-state index contributed by atoms with van der Waals surface area (Å²) in [6.07, 6.45) is 9.71. The van der Waals surface area contributed by atoms with Gasteiger partial charge in [-0.2, -0.15) is 5.26 Å². The zero-order chi connectivity index (χ0) is 18.2. The third-order valence-corrected chi connectivity index (χ3v) is 5.37. The number of pyridine rings is 1. The molecule has 0 radical (unpaired) electrons. The van der Waals surface area contributed by atoms with Crippen LogP contribution in [-0.2, 0) is 19.4 Å². The van der Waals surface area contributed by atoms with Crippen molar-refractivity contribution in [2.75, 3.05) is 11.9 Å². The van der Waals surface area contributed by atoms with Crippen LogP contribution in [0.15, 0.2) is 43.0 Å². The summed E-state index contributed by atoms with van der Waals surface area (Å²) in [6, 6.07) is 10.5. The molecule has 0 atom stereocenters. The van der Waals surface area contributed by atoms with Crippen molar-refractivity contribution >= 4 is 22.5 Å². The van der Waals surface area contributed by atoms with E-state index in [1.54, 1.807) is 0 Å². The summed E-state index contributed by atoms with van der Waals surface area (Å²) in [4.78, 5) is 8.87. The minimum Gasteiger partial charge on any atom is -0.371 e. The van der Waals surface area contributed by atoms with Gasteiger partial charge in [0.1, 0.15) is 11.9 Å². The molecule has 1 aliphatic carbocycles. The topological polar surface area (TPSA) is 70.9 Å².